The van der Waals surface area contributed by atoms with Crippen LogP contribution in [0.15, 0.2) is 53.4 Å². The average molecular weight is 325 g/mol. The van der Waals surface area contributed by atoms with E-state index in [-0.39, 0.29) is 11.4 Å². The average Bonchev–Trinajstić information content (AvgIpc) is 2.49. The molecule has 23 heavy (non-hydrogen) atoms. The van der Waals surface area contributed by atoms with Crippen molar-refractivity contribution in [3.05, 3.63) is 54.1 Å². The molecule has 2 aromatic rings. The smallest absolute Gasteiger partial charge is 0.308 e. The largest absolute Gasteiger partial charge is 0.323 e. The number of urea groups is 1. The zero-order valence-electron chi connectivity index (χ0n) is 13.4. The third kappa shape index (κ3) is 5.04. The number of benzene rings is 2. The van der Waals surface area contributed by atoms with Gasteiger partial charge in [-0.25, -0.2) is 4.79 Å². The summed E-state index contributed by atoms with van der Waals surface area (Å²) < 4.78 is 0. The molecule has 0 saturated heterocycles. The predicted molar refractivity (Wildman–Crippen MR) is 95.7 cm³/mol. The van der Waals surface area contributed by atoms with Crippen molar-refractivity contribution in [2.45, 2.75) is 31.1 Å². The highest BCUT2D eigenvalue weighted by atomic mass is 32.2. The number of anilines is 2. The SMILES string of the molecule is CC(C)(C)c1ccc(NC(=O)Nc2ccc(SC#N)cc2)cc1. The lowest BCUT2D eigenvalue weighted by Gasteiger charge is -2.19. The second-order valence-electron chi connectivity index (χ2n) is 6.12. The van der Waals surface area contributed by atoms with Crippen LogP contribution in [-0.2, 0) is 5.41 Å². The van der Waals surface area contributed by atoms with Crippen molar-refractivity contribution in [1.82, 2.24) is 0 Å². The number of carbonyl (C=O) groups excluding carboxylic acids is 1. The molecular formula is C18H19N3OS. The lowest BCUT2D eigenvalue weighted by molar-refractivity contribution is 0.262. The van der Waals surface area contributed by atoms with Gasteiger partial charge in [-0.05, 0) is 59.1 Å². The molecule has 0 aliphatic rings. The third-order valence-corrected chi connectivity index (χ3v) is 3.88. The summed E-state index contributed by atoms with van der Waals surface area (Å²) in [7, 11) is 0. The van der Waals surface area contributed by atoms with Gasteiger partial charge >= 0.3 is 6.03 Å². The first kappa shape index (κ1) is 16.9. The van der Waals surface area contributed by atoms with Crippen molar-refractivity contribution >= 4 is 29.2 Å². The summed E-state index contributed by atoms with van der Waals surface area (Å²) in [5, 5.41) is 16.2. The summed E-state index contributed by atoms with van der Waals surface area (Å²) in [4.78, 5) is 12.8. The fourth-order valence-corrected chi connectivity index (χ4v) is 2.38. The molecule has 2 aromatic carbocycles. The molecule has 0 aromatic heterocycles. The normalized spacial score (nSPS) is 10.7. The van der Waals surface area contributed by atoms with Crippen LogP contribution >= 0.6 is 11.8 Å². The molecule has 4 nitrogen and oxygen atoms in total. The van der Waals surface area contributed by atoms with Crippen LogP contribution in [-0.4, -0.2) is 6.03 Å². The Morgan fingerprint density at radius 2 is 1.43 bits per heavy atom. The molecule has 2 rings (SSSR count). The van der Waals surface area contributed by atoms with Crippen LogP contribution in [0.3, 0.4) is 0 Å². The molecule has 118 valence electrons. The third-order valence-electron chi connectivity index (χ3n) is 3.28. The minimum Gasteiger partial charge on any atom is -0.308 e. The van der Waals surface area contributed by atoms with E-state index in [0.29, 0.717) is 5.69 Å². The van der Waals surface area contributed by atoms with E-state index in [9.17, 15) is 4.79 Å². The van der Waals surface area contributed by atoms with E-state index < -0.39 is 0 Å². The molecule has 2 amide bonds. The molecule has 0 spiro atoms. The van der Waals surface area contributed by atoms with Gasteiger partial charge in [0.05, 0.1) is 0 Å². The highest BCUT2D eigenvalue weighted by Gasteiger charge is 2.13. The Labute approximate surface area is 140 Å². The van der Waals surface area contributed by atoms with Crippen LogP contribution < -0.4 is 10.6 Å². The van der Waals surface area contributed by atoms with E-state index in [4.69, 9.17) is 5.26 Å². The maximum atomic E-state index is 12.0. The van der Waals surface area contributed by atoms with Crippen LogP contribution in [0.1, 0.15) is 26.3 Å². The summed E-state index contributed by atoms with van der Waals surface area (Å²) in [6, 6.07) is 14.6. The maximum Gasteiger partial charge on any atom is 0.323 e. The monoisotopic (exact) mass is 325 g/mol. The van der Waals surface area contributed by atoms with Gasteiger partial charge in [0.2, 0.25) is 0 Å². The summed E-state index contributed by atoms with van der Waals surface area (Å²) in [5.74, 6) is 0. The molecule has 0 heterocycles. The molecule has 0 fully saturated rings. The molecule has 0 aliphatic heterocycles. The fraction of sp³-hybridized carbons (Fsp3) is 0.222. The maximum absolute atomic E-state index is 12.0. The van der Waals surface area contributed by atoms with Crippen LogP contribution in [0.2, 0.25) is 0 Å². The first-order chi connectivity index (χ1) is 10.9. The molecule has 0 aliphatic carbocycles. The van der Waals surface area contributed by atoms with Gasteiger partial charge in [0.15, 0.2) is 0 Å². The van der Waals surface area contributed by atoms with Gasteiger partial charge < -0.3 is 10.6 Å². The Bertz CT molecular complexity index is 710. The molecule has 0 atom stereocenters. The molecule has 0 unspecified atom stereocenters. The van der Waals surface area contributed by atoms with Gasteiger partial charge in [-0.3, -0.25) is 0 Å². The lowest BCUT2D eigenvalue weighted by atomic mass is 9.87. The number of amides is 2. The molecule has 0 saturated carbocycles. The molecule has 5 heteroatoms. The highest BCUT2D eigenvalue weighted by molar-refractivity contribution is 8.03. The van der Waals surface area contributed by atoms with E-state index in [1.165, 1.54) is 5.56 Å². The van der Waals surface area contributed by atoms with Crippen molar-refractivity contribution in [3.63, 3.8) is 0 Å². The highest BCUT2D eigenvalue weighted by Crippen LogP contribution is 2.23. The summed E-state index contributed by atoms with van der Waals surface area (Å²) in [5.41, 5.74) is 2.72. The fourth-order valence-electron chi connectivity index (χ4n) is 2.01. The minimum absolute atomic E-state index is 0.0873. The quantitative estimate of drug-likeness (QED) is 0.602. The zero-order valence-corrected chi connectivity index (χ0v) is 14.2. The van der Waals surface area contributed by atoms with E-state index in [2.05, 4.69) is 31.4 Å². The van der Waals surface area contributed by atoms with E-state index in [1.807, 2.05) is 29.7 Å². The number of hydrogen-bond donors (Lipinski definition) is 2. The number of thiocyanates is 1. The lowest BCUT2D eigenvalue weighted by Crippen LogP contribution is -2.19. The summed E-state index contributed by atoms with van der Waals surface area (Å²) in [6.45, 7) is 6.45. The first-order valence-electron chi connectivity index (χ1n) is 7.23. The Kier molecular flexibility index (Phi) is 5.30. The van der Waals surface area contributed by atoms with Crippen molar-refractivity contribution in [3.8, 4) is 5.40 Å². The van der Waals surface area contributed by atoms with Crippen LogP contribution in [0.25, 0.3) is 0 Å². The first-order valence-corrected chi connectivity index (χ1v) is 8.05. The Balaban J connectivity index is 1.95. The molecule has 0 bridgehead atoms. The van der Waals surface area contributed by atoms with E-state index in [0.717, 1.165) is 22.3 Å². The minimum atomic E-state index is -0.297. The number of thioether (sulfide) groups is 1. The number of nitrogens with one attached hydrogen (secondary N) is 2. The van der Waals surface area contributed by atoms with Gasteiger partial charge in [0.25, 0.3) is 0 Å². The molecule has 0 radical (unpaired) electrons. The second-order valence-corrected chi connectivity index (χ2v) is 6.98. The number of carbonyl (C=O) groups is 1. The van der Waals surface area contributed by atoms with E-state index in [1.54, 1.807) is 24.3 Å². The van der Waals surface area contributed by atoms with Crippen LogP contribution in [0.4, 0.5) is 16.2 Å². The topological polar surface area (TPSA) is 64.9 Å². The summed E-state index contributed by atoms with van der Waals surface area (Å²) in [6.07, 6.45) is 0. The zero-order chi connectivity index (χ0) is 16.9. The van der Waals surface area contributed by atoms with E-state index >= 15 is 0 Å². The van der Waals surface area contributed by atoms with Gasteiger partial charge in [-0.2, -0.15) is 5.26 Å². The van der Waals surface area contributed by atoms with Gasteiger partial charge in [-0.1, -0.05) is 32.9 Å². The molecular weight excluding hydrogens is 306 g/mol. The van der Waals surface area contributed by atoms with Crippen LogP contribution in [0.5, 0.6) is 0 Å². The van der Waals surface area contributed by atoms with Gasteiger partial charge in [0.1, 0.15) is 5.40 Å². The van der Waals surface area contributed by atoms with Gasteiger partial charge in [0, 0.05) is 16.3 Å². The Morgan fingerprint density at radius 3 is 1.87 bits per heavy atom. The standard InChI is InChI=1S/C18H19N3OS/c1-18(2,3)13-4-6-14(7-5-13)20-17(22)21-15-8-10-16(11-9-15)23-12-19/h4-11H,1-3H3,(H2,20,21,22). The van der Waals surface area contributed by atoms with Crippen molar-refractivity contribution in [2.75, 3.05) is 10.6 Å². The second kappa shape index (κ2) is 7.21. The number of rotatable bonds is 3. The molecule has 2 N–H and O–H groups in total. The van der Waals surface area contributed by atoms with Gasteiger partial charge in [-0.15, -0.1) is 0 Å². The Morgan fingerprint density at radius 1 is 0.957 bits per heavy atom. The summed E-state index contributed by atoms with van der Waals surface area (Å²) >= 11 is 1.09. The number of nitrogens with zero attached hydrogens (tertiary/aromatic N) is 1. The van der Waals surface area contributed by atoms with Crippen molar-refractivity contribution < 1.29 is 4.79 Å². The van der Waals surface area contributed by atoms with Crippen LogP contribution in [0, 0.1) is 10.7 Å². The van der Waals surface area contributed by atoms with Crippen molar-refractivity contribution in [1.29, 1.82) is 5.26 Å². The Hall–Kier alpha value is -2.45. The van der Waals surface area contributed by atoms with Crippen molar-refractivity contribution in [2.24, 2.45) is 0 Å². The predicted octanol–water partition coefficient (Wildman–Crippen LogP) is 5.20. The number of nitriles is 1. The number of hydrogen-bond acceptors (Lipinski definition) is 3.